The van der Waals surface area contributed by atoms with Crippen LogP contribution in [-0.2, 0) is 26.7 Å². The molecule has 0 saturated carbocycles. The van der Waals surface area contributed by atoms with Gasteiger partial charge in [0.2, 0.25) is 5.91 Å². The number of aliphatic hydroxyl groups is 1. The van der Waals surface area contributed by atoms with Gasteiger partial charge in [0.05, 0.1) is 19.3 Å². The second-order valence-electron chi connectivity index (χ2n) is 6.36. The minimum absolute atomic E-state index is 0.270. The van der Waals surface area contributed by atoms with Crippen molar-refractivity contribution in [1.29, 1.82) is 0 Å². The Hall–Kier alpha value is -1.24. The van der Waals surface area contributed by atoms with Crippen LogP contribution in [0.1, 0.15) is 50.2 Å². The van der Waals surface area contributed by atoms with Gasteiger partial charge in [0, 0.05) is 6.42 Å². The molecule has 0 saturated heterocycles. The number of amides is 1. The zero-order chi connectivity index (χ0) is 19.4. The number of phosphoric ester groups is 1. The van der Waals surface area contributed by atoms with E-state index in [1.54, 1.807) is 0 Å². The lowest BCUT2D eigenvalue weighted by molar-refractivity contribution is -0.122. The quantitative estimate of drug-likeness (QED) is 0.305. The van der Waals surface area contributed by atoms with Gasteiger partial charge >= 0.3 is 7.82 Å². The van der Waals surface area contributed by atoms with Crippen LogP contribution in [0.3, 0.4) is 0 Å². The predicted octanol–water partition coefficient (Wildman–Crippen LogP) is 2.33. The Bertz CT molecular complexity index is 589. The Morgan fingerprint density at radius 1 is 1.19 bits per heavy atom. The summed E-state index contributed by atoms with van der Waals surface area (Å²) >= 11 is 0. The van der Waals surface area contributed by atoms with Crippen molar-refractivity contribution < 1.29 is 28.8 Å². The number of unbranched alkanes of at least 4 members (excludes halogenated alkanes) is 2. The van der Waals surface area contributed by atoms with Gasteiger partial charge in [-0.3, -0.25) is 9.32 Å². The van der Waals surface area contributed by atoms with E-state index in [-0.39, 0.29) is 12.3 Å². The zero-order valence-electron chi connectivity index (χ0n) is 15.3. The lowest BCUT2D eigenvalue weighted by atomic mass is 10.0. The van der Waals surface area contributed by atoms with Gasteiger partial charge < -0.3 is 20.2 Å². The van der Waals surface area contributed by atoms with Crippen LogP contribution in [0.4, 0.5) is 0 Å². The summed E-state index contributed by atoms with van der Waals surface area (Å²) in [4.78, 5) is 29.2. The molecule has 0 heterocycles. The van der Waals surface area contributed by atoms with Crippen LogP contribution in [-0.4, -0.2) is 40.1 Å². The molecule has 1 rings (SSSR count). The number of carbonyl (C=O) groups excluding carboxylic acids is 1. The molecule has 7 nitrogen and oxygen atoms in total. The van der Waals surface area contributed by atoms with E-state index < -0.39 is 27.1 Å². The van der Waals surface area contributed by atoms with Crippen molar-refractivity contribution in [2.24, 2.45) is 0 Å². The van der Waals surface area contributed by atoms with E-state index in [4.69, 9.17) is 14.9 Å². The fourth-order valence-corrected chi connectivity index (χ4v) is 2.97. The lowest BCUT2D eigenvalue weighted by Crippen LogP contribution is -2.40. The highest BCUT2D eigenvalue weighted by Crippen LogP contribution is 2.35. The van der Waals surface area contributed by atoms with Crippen LogP contribution < -0.4 is 5.32 Å². The number of hydrogen-bond donors (Lipinski definition) is 4. The van der Waals surface area contributed by atoms with Crippen molar-refractivity contribution in [3.8, 4) is 0 Å². The minimum Gasteiger partial charge on any atom is -0.394 e. The number of hydrogen-bond acceptors (Lipinski definition) is 4. The van der Waals surface area contributed by atoms with Crippen LogP contribution >= 0.6 is 7.82 Å². The lowest BCUT2D eigenvalue weighted by Gasteiger charge is -2.16. The summed E-state index contributed by atoms with van der Waals surface area (Å²) in [6, 6.07) is 7.55. The Kier molecular flexibility index (Phi) is 10.7. The first kappa shape index (κ1) is 22.8. The summed E-state index contributed by atoms with van der Waals surface area (Å²) in [5.74, 6) is -0.280. The van der Waals surface area contributed by atoms with Gasteiger partial charge in [-0.05, 0) is 36.8 Å². The first-order valence-electron chi connectivity index (χ1n) is 9.02. The molecule has 1 atom stereocenters. The van der Waals surface area contributed by atoms with Gasteiger partial charge in [0.25, 0.3) is 0 Å². The summed E-state index contributed by atoms with van der Waals surface area (Å²) in [5, 5.41) is 11.7. The number of benzene rings is 1. The van der Waals surface area contributed by atoms with Crippen molar-refractivity contribution in [2.45, 2.75) is 57.9 Å². The van der Waals surface area contributed by atoms with Crippen molar-refractivity contribution in [3.63, 3.8) is 0 Å². The van der Waals surface area contributed by atoms with Gasteiger partial charge in [-0.2, -0.15) is 0 Å². The number of phosphoric acid groups is 1. The normalized spacial score (nSPS) is 12.8. The third kappa shape index (κ3) is 10.7. The predicted molar refractivity (Wildman–Crippen MR) is 99.6 cm³/mol. The van der Waals surface area contributed by atoms with Gasteiger partial charge in [-0.15, -0.1) is 0 Å². The topological polar surface area (TPSA) is 116 Å². The first-order chi connectivity index (χ1) is 12.3. The maximum Gasteiger partial charge on any atom is 0.469 e. The Balaban J connectivity index is 2.34. The second kappa shape index (κ2) is 12.2. The highest BCUT2D eigenvalue weighted by molar-refractivity contribution is 7.46. The fraction of sp³-hybridized carbons (Fsp3) is 0.611. The molecular weight excluding hydrogens is 357 g/mol. The molecule has 0 radical (unpaired) electrons. The van der Waals surface area contributed by atoms with Crippen LogP contribution in [0.25, 0.3) is 0 Å². The van der Waals surface area contributed by atoms with Crippen molar-refractivity contribution in [3.05, 3.63) is 35.4 Å². The van der Waals surface area contributed by atoms with Crippen LogP contribution in [0.15, 0.2) is 24.3 Å². The van der Waals surface area contributed by atoms with Crippen molar-refractivity contribution in [1.82, 2.24) is 5.32 Å². The molecule has 0 aliphatic heterocycles. The summed E-state index contributed by atoms with van der Waals surface area (Å²) in [6.45, 7) is 1.29. The standard InChI is InChI=1S/C18H30NO6P/c1-2-3-4-7-15-8-5-9-16(12-15)10-6-11-18(21)19-17(13-20)14-25-26(22,23)24/h5,8-9,12,17,20H,2-4,6-7,10-11,13-14H2,1H3,(H,19,21)(H2,22,23,24)/t17-/m1/s1. The molecule has 1 aromatic carbocycles. The van der Waals surface area contributed by atoms with Gasteiger partial charge in [0.1, 0.15) is 0 Å². The summed E-state index contributed by atoms with van der Waals surface area (Å²) in [5.41, 5.74) is 2.51. The molecule has 4 N–H and O–H groups in total. The van der Waals surface area contributed by atoms with E-state index >= 15 is 0 Å². The molecule has 0 aliphatic rings. The summed E-state index contributed by atoms with van der Waals surface area (Å²) < 4.78 is 15.0. The SMILES string of the molecule is CCCCCc1cccc(CCCC(=O)N[C@H](CO)COP(=O)(O)O)c1. The molecule has 8 heteroatoms. The molecule has 0 fully saturated rings. The van der Waals surface area contributed by atoms with E-state index in [0.717, 1.165) is 12.8 Å². The maximum absolute atomic E-state index is 11.9. The van der Waals surface area contributed by atoms with Gasteiger partial charge in [-0.25, -0.2) is 4.57 Å². The van der Waals surface area contributed by atoms with E-state index in [9.17, 15) is 9.36 Å². The minimum atomic E-state index is -4.62. The van der Waals surface area contributed by atoms with Gasteiger partial charge in [-0.1, -0.05) is 44.0 Å². The van der Waals surface area contributed by atoms with Crippen LogP contribution in [0.2, 0.25) is 0 Å². The number of aryl methyl sites for hydroxylation is 2. The highest BCUT2D eigenvalue weighted by Gasteiger charge is 2.19. The molecule has 0 bridgehead atoms. The average Bonchev–Trinajstić information content (AvgIpc) is 2.58. The zero-order valence-corrected chi connectivity index (χ0v) is 16.2. The first-order valence-corrected chi connectivity index (χ1v) is 10.5. The molecule has 26 heavy (non-hydrogen) atoms. The smallest absolute Gasteiger partial charge is 0.394 e. The van der Waals surface area contributed by atoms with Crippen LogP contribution in [0.5, 0.6) is 0 Å². The second-order valence-corrected chi connectivity index (χ2v) is 7.60. The highest BCUT2D eigenvalue weighted by atomic mass is 31.2. The molecule has 0 aromatic heterocycles. The average molecular weight is 387 g/mol. The molecule has 1 aromatic rings. The summed E-state index contributed by atoms with van der Waals surface area (Å²) in [6.07, 6.45) is 6.37. The van der Waals surface area contributed by atoms with Crippen molar-refractivity contribution >= 4 is 13.7 Å². The number of carbonyl (C=O) groups is 1. The molecule has 0 spiro atoms. The third-order valence-corrected chi connectivity index (χ3v) is 4.44. The molecule has 1 amide bonds. The number of nitrogens with one attached hydrogen (secondary N) is 1. The maximum atomic E-state index is 11.9. The van der Waals surface area contributed by atoms with Gasteiger partial charge in [0.15, 0.2) is 0 Å². The molecule has 0 aliphatic carbocycles. The number of rotatable bonds is 13. The Morgan fingerprint density at radius 3 is 2.42 bits per heavy atom. The van der Waals surface area contributed by atoms with Crippen molar-refractivity contribution in [2.75, 3.05) is 13.2 Å². The monoisotopic (exact) mass is 387 g/mol. The van der Waals surface area contributed by atoms with E-state index in [1.807, 2.05) is 12.1 Å². The largest absolute Gasteiger partial charge is 0.469 e. The Morgan fingerprint density at radius 2 is 1.85 bits per heavy atom. The Labute approximate surface area is 155 Å². The van der Waals surface area contributed by atoms with E-state index in [2.05, 4.69) is 28.9 Å². The molecular formula is C18H30NO6P. The summed E-state index contributed by atoms with van der Waals surface area (Å²) in [7, 11) is -4.62. The van der Waals surface area contributed by atoms with E-state index in [1.165, 1.54) is 30.4 Å². The third-order valence-electron chi connectivity index (χ3n) is 3.96. The van der Waals surface area contributed by atoms with Crippen LogP contribution in [0, 0.1) is 0 Å². The molecule has 0 unspecified atom stereocenters. The molecule has 148 valence electrons. The fourth-order valence-electron chi connectivity index (χ4n) is 2.60. The number of aliphatic hydroxyl groups excluding tert-OH is 1. The van der Waals surface area contributed by atoms with E-state index in [0.29, 0.717) is 6.42 Å².